The van der Waals surface area contributed by atoms with Gasteiger partial charge in [0.2, 0.25) is 11.8 Å². The summed E-state index contributed by atoms with van der Waals surface area (Å²) in [6.45, 7) is 10.7. The molecule has 6 atom stereocenters. The molecule has 1 saturated heterocycles. The van der Waals surface area contributed by atoms with Crippen LogP contribution >= 0.6 is 0 Å². The fourth-order valence-electron chi connectivity index (χ4n) is 4.77. The minimum atomic E-state index is -0.394. The van der Waals surface area contributed by atoms with Crippen LogP contribution in [0.1, 0.15) is 66.7 Å². The zero-order chi connectivity index (χ0) is 23.7. The van der Waals surface area contributed by atoms with Crippen molar-refractivity contribution in [2.75, 3.05) is 27.8 Å². The summed E-state index contributed by atoms with van der Waals surface area (Å²) in [6, 6.07) is -0.295. The molecule has 0 aromatic carbocycles. The summed E-state index contributed by atoms with van der Waals surface area (Å²) in [6.07, 6.45) is 3.45. The smallest absolute Gasteiger partial charge is 0.225 e. The van der Waals surface area contributed by atoms with E-state index in [0.717, 1.165) is 25.5 Å². The van der Waals surface area contributed by atoms with Crippen molar-refractivity contribution < 1.29 is 23.9 Å². The molecule has 1 aliphatic rings. The van der Waals surface area contributed by atoms with Crippen molar-refractivity contribution >= 4 is 18.1 Å². The summed E-state index contributed by atoms with van der Waals surface area (Å²) in [7, 11) is 5.03. The lowest BCUT2D eigenvalue weighted by molar-refractivity contribution is -0.145. The van der Waals surface area contributed by atoms with Gasteiger partial charge in [0.05, 0.1) is 30.7 Å². The van der Waals surface area contributed by atoms with Gasteiger partial charge in [-0.3, -0.25) is 9.59 Å². The van der Waals surface area contributed by atoms with Gasteiger partial charge in [-0.05, 0) is 24.7 Å². The molecule has 0 bridgehead atoms. The van der Waals surface area contributed by atoms with Crippen LogP contribution in [0.2, 0.25) is 0 Å². The Labute approximate surface area is 188 Å². The average molecular weight is 441 g/mol. The monoisotopic (exact) mass is 440 g/mol. The number of nitrogens with zero attached hydrogens (tertiary/aromatic N) is 2. The molecule has 31 heavy (non-hydrogen) atoms. The van der Waals surface area contributed by atoms with E-state index >= 15 is 0 Å². The summed E-state index contributed by atoms with van der Waals surface area (Å²) in [5, 5.41) is 0. The van der Waals surface area contributed by atoms with Crippen molar-refractivity contribution in [3.63, 3.8) is 0 Å². The van der Waals surface area contributed by atoms with Crippen molar-refractivity contribution in [3.05, 3.63) is 0 Å². The molecule has 0 radical (unpaired) electrons. The number of likely N-dealkylation sites (tertiary alicyclic amines) is 1. The van der Waals surface area contributed by atoms with Crippen LogP contribution in [-0.2, 0) is 23.9 Å². The van der Waals surface area contributed by atoms with Gasteiger partial charge in [0.25, 0.3) is 0 Å². The number of carbonyl (C=O) groups is 3. The highest BCUT2D eigenvalue weighted by atomic mass is 16.5. The number of likely N-dealkylation sites (N-methyl/N-ethyl adjacent to an activating group) is 1. The number of rotatable bonds is 13. The number of methoxy groups -OCH3 is 2. The molecule has 7 nitrogen and oxygen atoms in total. The van der Waals surface area contributed by atoms with Crippen LogP contribution in [0.15, 0.2) is 0 Å². The van der Waals surface area contributed by atoms with Gasteiger partial charge in [-0.2, -0.15) is 0 Å². The highest BCUT2D eigenvalue weighted by Gasteiger charge is 2.40. The Morgan fingerprint density at radius 3 is 2.26 bits per heavy atom. The number of carbonyl (C=O) groups excluding carboxylic acids is 3. The Morgan fingerprint density at radius 2 is 1.77 bits per heavy atom. The van der Waals surface area contributed by atoms with Gasteiger partial charge in [0, 0.05) is 40.2 Å². The third-order valence-electron chi connectivity index (χ3n) is 6.71. The first-order chi connectivity index (χ1) is 14.6. The van der Waals surface area contributed by atoms with Gasteiger partial charge in [-0.25, -0.2) is 0 Å². The van der Waals surface area contributed by atoms with E-state index in [2.05, 4.69) is 13.8 Å². The molecule has 1 fully saturated rings. The molecule has 2 amide bonds. The second-order valence-corrected chi connectivity index (χ2v) is 9.45. The lowest BCUT2D eigenvalue weighted by Crippen LogP contribution is -2.52. The number of hydrogen-bond donors (Lipinski definition) is 0. The molecule has 0 aliphatic carbocycles. The first-order valence-corrected chi connectivity index (χ1v) is 11.7. The van der Waals surface area contributed by atoms with Crippen molar-refractivity contribution in [2.45, 2.75) is 91.0 Å². The van der Waals surface area contributed by atoms with E-state index < -0.39 is 6.10 Å². The molecule has 1 heterocycles. The summed E-state index contributed by atoms with van der Waals surface area (Å²) < 4.78 is 11.4. The maximum Gasteiger partial charge on any atom is 0.225 e. The standard InChI is InChI=1S/C24H44N2O5/c1-9-17(4)23(25(6)21(28)13-16(2)3)20(30-7)14-22(29)26-12-10-11-19(26)24(31-8)18(5)15-27/h15-20,23-24H,9-14H2,1-8H3/t17-,18?,19?,20?,23?,24?/m0/s1. The van der Waals surface area contributed by atoms with Crippen molar-refractivity contribution in [1.29, 1.82) is 0 Å². The van der Waals surface area contributed by atoms with E-state index in [0.29, 0.717) is 13.0 Å². The number of hydrogen-bond acceptors (Lipinski definition) is 5. The highest BCUT2D eigenvalue weighted by molar-refractivity contribution is 5.79. The predicted octanol–water partition coefficient (Wildman–Crippen LogP) is 3.15. The second-order valence-electron chi connectivity index (χ2n) is 9.45. The molecule has 180 valence electrons. The van der Waals surface area contributed by atoms with E-state index in [-0.39, 0.29) is 54.2 Å². The van der Waals surface area contributed by atoms with Gasteiger partial charge < -0.3 is 24.1 Å². The minimum Gasteiger partial charge on any atom is -0.379 e. The molecular formula is C24H44N2O5. The SMILES string of the molecule is CC[C@H](C)C(C(CC(=O)N1CCCC1C(OC)C(C)C=O)OC)N(C)C(=O)CC(C)C. The Kier molecular flexibility index (Phi) is 11.7. The molecule has 1 rings (SSSR count). The minimum absolute atomic E-state index is 0.00693. The number of amides is 2. The third kappa shape index (κ3) is 7.28. The normalized spacial score (nSPS) is 21.5. The number of aldehydes is 1. The first-order valence-electron chi connectivity index (χ1n) is 11.7. The van der Waals surface area contributed by atoms with Crippen molar-refractivity contribution in [2.24, 2.45) is 17.8 Å². The van der Waals surface area contributed by atoms with Crippen LogP contribution in [0, 0.1) is 17.8 Å². The summed E-state index contributed by atoms with van der Waals surface area (Å²) in [4.78, 5) is 41.1. The van der Waals surface area contributed by atoms with E-state index in [1.807, 2.05) is 32.7 Å². The maximum atomic E-state index is 13.3. The van der Waals surface area contributed by atoms with Crippen LogP contribution in [0.25, 0.3) is 0 Å². The molecule has 1 aliphatic heterocycles. The van der Waals surface area contributed by atoms with Crippen LogP contribution < -0.4 is 0 Å². The maximum absolute atomic E-state index is 13.3. The van der Waals surface area contributed by atoms with Gasteiger partial charge in [0.1, 0.15) is 6.29 Å². The van der Waals surface area contributed by atoms with Crippen LogP contribution in [0.4, 0.5) is 0 Å². The fraction of sp³-hybridized carbons (Fsp3) is 0.875. The molecule has 7 heteroatoms. The Bertz CT molecular complexity index is 582. The predicted molar refractivity (Wildman–Crippen MR) is 122 cm³/mol. The lowest BCUT2D eigenvalue weighted by atomic mass is 9.90. The third-order valence-corrected chi connectivity index (χ3v) is 6.71. The molecular weight excluding hydrogens is 396 g/mol. The molecule has 0 saturated carbocycles. The Morgan fingerprint density at radius 1 is 1.13 bits per heavy atom. The van der Waals surface area contributed by atoms with Crippen molar-refractivity contribution in [1.82, 2.24) is 9.80 Å². The quantitative estimate of drug-likeness (QED) is 0.411. The Balaban J connectivity index is 3.03. The van der Waals surface area contributed by atoms with Gasteiger partial charge in [-0.15, -0.1) is 0 Å². The zero-order valence-electron chi connectivity index (χ0n) is 20.8. The largest absolute Gasteiger partial charge is 0.379 e. The summed E-state index contributed by atoms with van der Waals surface area (Å²) in [5.74, 6) is 0.247. The van der Waals surface area contributed by atoms with Gasteiger partial charge in [0.15, 0.2) is 0 Å². The second kappa shape index (κ2) is 13.2. The van der Waals surface area contributed by atoms with E-state index in [4.69, 9.17) is 9.47 Å². The molecule has 0 aromatic heterocycles. The molecule has 0 aromatic rings. The average Bonchev–Trinajstić information content (AvgIpc) is 3.22. The van der Waals surface area contributed by atoms with Crippen molar-refractivity contribution in [3.8, 4) is 0 Å². The first kappa shape index (κ1) is 27.6. The topological polar surface area (TPSA) is 76.2 Å². The molecule has 0 N–H and O–H groups in total. The van der Waals surface area contributed by atoms with Crippen LogP contribution in [0.3, 0.4) is 0 Å². The van der Waals surface area contributed by atoms with E-state index in [1.54, 1.807) is 19.1 Å². The van der Waals surface area contributed by atoms with Crippen LogP contribution in [-0.4, -0.2) is 80.0 Å². The van der Waals surface area contributed by atoms with E-state index in [9.17, 15) is 14.4 Å². The molecule has 5 unspecified atom stereocenters. The Hall–Kier alpha value is -1.47. The van der Waals surface area contributed by atoms with E-state index in [1.165, 1.54) is 0 Å². The number of ether oxygens (including phenoxy) is 2. The zero-order valence-corrected chi connectivity index (χ0v) is 20.8. The summed E-state index contributed by atoms with van der Waals surface area (Å²) in [5.41, 5.74) is 0. The van der Waals surface area contributed by atoms with Gasteiger partial charge in [-0.1, -0.05) is 41.0 Å². The summed E-state index contributed by atoms with van der Waals surface area (Å²) >= 11 is 0. The fourth-order valence-corrected chi connectivity index (χ4v) is 4.77. The van der Waals surface area contributed by atoms with Crippen LogP contribution in [0.5, 0.6) is 0 Å². The highest BCUT2D eigenvalue weighted by Crippen LogP contribution is 2.28. The lowest BCUT2D eigenvalue weighted by Gasteiger charge is -2.39. The molecule has 0 spiro atoms. The van der Waals surface area contributed by atoms with Gasteiger partial charge >= 0.3 is 0 Å².